The number of methoxy groups -OCH3 is 1. The van der Waals surface area contributed by atoms with Gasteiger partial charge in [-0.3, -0.25) is 4.79 Å². The van der Waals surface area contributed by atoms with Gasteiger partial charge >= 0.3 is 11.9 Å². The summed E-state index contributed by atoms with van der Waals surface area (Å²) in [5, 5.41) is 0. The number of hydrogen-bond donors (Lipinski definition) is 0. The van der Waals surface area contributed by atoms with Crippen molar-refractivity contribution in [3.8, 4) is 5.75 Å². The molecule has 7 nitrogen and oxygen atoms in total. The standard InChI is InChI=1S/C26H37NO6/c1-10-12-19(11-2)22(28)27(17-18-13-15-20(31-9)16-14-18)21(23(29)32-25(3,4)5)24(30)33-26(6,7)8/h10-11,13-16,19,21H,1-2,12,17H2,3-9H3/t19-/m0/s1. The van der Waals surface area contributed by atoms with Crippen LogP contribution in [0, 0.1) is 5.92 Å². The van der Waals surface area contributed by atoms with Crippen LogP contribution in [-0.4, -0.2) is 47.1 Å². The largest absolute Gasteiger partial charge is 0.497 e. The summed E-state index contributed by atoms with van der Waals surface area (Å²) in [5.74, 6) is -2.21. The number of carbonyl (C=O) groups is 3. The first-order valence-electron chi connectivity index (χ1n) is 10.8. The number of rotatable bonds is 10. The molecule has 0 fully saturated rings. The molecule has 0 unspecified atom stereocenters. The summed E-state index contributed by atoms with van der Waals surface area (Å²) in [6.45, 7) is 17.6. The molecule has 7 heteroatoms. The van der Waals surface area contributed by atoms with Gasteiger partial charge in [-0.05, 0) is 65.7 Å². The fraction of sp³-hybridized carbons (Fsp3) is 0.500. The van der Waals surface area contributed by atoms with Crippen molar-refractivity contribution in [2.45, 2.75) is 71.8 Å². The summed E-state index contributed by atoms with van der Waals surface area (Å²) < 4.78 is 16.2. The molecule has 0 aliphatic carbocycles. The van der Waals surface area contributed by atoms with Crippen molar-refractivity contribution < 1.29 is 28.6 Å². The minimum atomic E-state index is -1.59. The predicted octanol–water partition coefficient (Wildman–Crippen LogP) is 4.45. The van der Waals surface area contributed by atoms with E-state index < -0.39 is 41.0 Å². The van der Waals surface area contributed by atoms with Gasteiger partial charge in [0.1, 0.15) is 17.0 Å². The molecule has 1 aromatic carbocycles. The normalized spacial score (nSPS) is 12.5. The third kappa shape index (κ3) is 9.12. The lowest BCUT2D eigenvalue weighted by atomic mass is 10.0. The Morgan fingerprint density at radius 2 is 1.42 bits per heavy atom. The van der Waals surface area contributed by atoms with E-state index in [0.717, 1.165) is 0 Å². The van der Waals surface area contributed by atoms with Gasteiger partial charge in [0.2, 0.25) is 11.9 Å². The van der Waals surface area contributed by atoms with Crippen LogP contribution in [0.15, 0.2) is 49.6 Å². The molecule has 1 rings (SSSR count). The highest BCUT2D eigenvalue weighted by Gasteiger charge is 2.42. The zero-order valence-electron chi connectivity index (χ0n) is 20.8. The Bertz CT molecular complexity index is 817. The number of carbonyl (C=O) groups excluding carboxylic acids is 3. The Morgan fingerprint density at radius 1 is 0.939 bits per heavy atom. The monoisotopic (exact) mass is 459 g/mol. The van der Waals surface area contributed by atoms with E-state index in [1.54, 1.807) is 79.0 Å². The summed E-state index contributed by atoms with van der Waals surface area (Å²) in [5.41, 5.74) is -1.04. The molecule has 0 aromatic heterocycles. The lowest BCUT2D eigenvalue weighted by molar-refractivity contribution is -0.180. The third-order valence-electron chi connectivity index (χ3n) is 4.39. The van der Waals surface area contributed by atoms with Gasteiger partial charge in [0.05, 0.1) is 13.0 Å². The van der Waals surface area contributed by atoms with E-state index in [2.05, 4.69) is 13.2 Å². The SMILES string of the molecule is C=CC[C@H](C=C)C(=O)N(Cc1ccc(OC)cc1)C(C(=O)OC(C)(C)C)C(=O)OC(C)(C)C. The van der Waals surface area contributed by atoms with Gasteiger partial charge in [0.15, 0.2) is 0 Å². The lowest BCUT2D eigenvalue weighted by Crippen LogP contribution is -2.54. The molecule has 0 saturated heterocycles. The molecular formula is C26H37NO6. The lowest BCUT2D eigenvalue weighted by Gasteiger charge is -2.34. The molecular weight excluding hydrogens is 422 g/mol. The van der Waals surface area contributed by atoms with Gasteiger partial charge in [0.25, 0.3) is 0 Å². The van der Waals surface area contributed by atoms with Crippen LogP contribution in [-0.2, 0) is 30.4 Å². The highest BCUT2D eigenvalue weighted by Crippen LogP contribution is 2.23. The Balaban J connectivity index is 3.54. The van der Waals surface area contributed by atoms with Crippen LogP contribution in [0.5, 0.6) is 5.75 Å². The average Bonchev–Trinajstić information content (AvgIpc) is 2.68. The molecule has 0 heterocycles. The first kappa shape index (κ1) is 27.9. The van der Waals surface area contributed by atoms with Crippen molar-refractivity contribution in [3.63, 3.8) is 0 Å². The molecule has 0 N–H and O–H groups in total. The van der Waals surface area contributed by atoms with E-state index in [0.29, 0.717) is 17.7 Å². The van der Waals surface area contributed by atoms with Gasteiger partial charge < -0.3 is 19.1 Å². The number of esters is 2. The van der Waals surface area contributed by atoms with Gasteiger partial charge in [-0.25, -0.2) is 9.59 Å². The number of benzene rings is 1. The second kappa shape index (κ2) is 11.7. The number of hydrogen-bond acceptors (Lipinski definition) is 6. The van der Waals surface area contributed by atoms with Crippen LogP contribution in [0.4, 0.5) is 0 Å². The second-order valence-electron chi connectivity index (χ2n) is 9.65. The molecule has 0 saturated carbocycles. The molecule has 1 aromatic rings. The van der Waals surface area contributed by atoms with Crippen molar-refractivity contribution in [1.82, 2.24) is 4.90 Å². The first-order valence-corrected chi connectivity index (χ1v) is 10.8. The molecule has 0 aliphatic heterocycles. The van der Waals surface area contributed by atoms with E-state index in [1.807, 2.05) is 0 Å². The van der Waals surface area contributed by atoms with E-state index in [9.17, 15) is 14.4 Å². The van der Waals surface area contributed by atoms with Crippen molar-refractivity contribution in [2.75, 3.05) is 7.11 Å². The Kier molecular flexibility index (Phi) is 9.89. The van der Waals surface area contributed by atoms with Crippen molar-refractivity contribution in [2.24, 2.45) is 5.92 Å². The fourth-order valence-electron chi connectivity index (χ4n) is 2.98. The van der Waals surface area contributed by atoms with E-state index in [1.165, 1.54) is 11.0 Å². The zero-order chi connectivity index (χ0) is 25.4. The molecule has 0 bridgehead atoms. The minimum absolute atomic E-state index is 0.0204. The van der Waals surface area contributed by atoms with E-state index in [4.69, 9.17) is 14.2 Å². The molecule has 0 spiro atoms. The average molecular weight is 460 g/mol. The highest BCUT2D eigenvalue weighted by molar-refractivity contribution is 6.03. The summed E-state index contributed by atoms with van der Waals surface area (Å²) in [6.07, 6.45) is 3.37. The molecule has 1 atom stereocenters. The first-order chi connectivity index (χ1) is 15.2. The minimum Gasteiger partial charge on any atom is -0.497 e. The maximum atomic E-state index is 13.5. The molecule has 0 aliphatic rings. The van der Waals surface area contributed by atoms with Crippen LogP contribution in [0.3, 0.4) is 0 Å². The molecule has 1 amide bonds. The van der Waals surface area contributed by atoms with Gasteiger partial charge in [0, 0.05) is 6.54 Å². The predicted molar refractivity (Wildman–Crippen MR) is 128 cm³/mol. The fourth-order valence-corrected chi connectivity index (χ4v) is 2.98. The summed E-state index contributed by atoms with van der Waals surface area (Å²) >= 11 is 0. The maximum Gasteiger partial charge on any atom is 0.341 e. The summed E-state index contributed by atoms with van der Waals surface area (Å²) in [6, 6.07) is 5.41. The second-order valence-corrected chi connectivity index (χ2v) is 9.65. The van der Waals surface area contributed by atoms with Gasteiger partial charge in [-0.2, -0.15) is 0 Å². The third-order valence-corrected chi connectivity index (χ3v) is 4.39. The number of ether oxygens (including phenoxy) is 3. The molecule has 182 valence electrons. The van der Waals surface area contributed by atoms with Crippen LogP contribution >= 0.6 is 0 Å². The maximum absolute atomic E-state index is 13.5. The topological polar surface area (TPSA) is 82.1 Å². The highest BCUT2D eigenvalue weighted by atomic mass is 16.6. The van der Waals surface area contributed by atoms with Crippen LogP contribution in [0.2, 0.25) is 0 Å². The Labute approximate surface area is 197 Å². The quantitative estimate of drug-likeness (QED) is 0.292. The van der Waals surface area contributed by atoms with Gasteiger partial charge in [-0.15, -0.1) is 13.2 Å². The molecule has 33 heavy (non-hydrogen) atoms. The van der Waals surface area contributed by atoms with Crippen LogP contribution in [0.1, 0.15) is 53.5 Å². The smallest absolute Gasteiger partial charge is 0.341 e. The van der Waals surface area contributed by atoms with Crippen molar-refractivity contribution in [1.29, 1.82) is 0 Å². The number of nitrogens with zero attached hydrogens (tertiary/aromatic N) is 1. The van der Waals surface area contributed by atoms with Crippen LogP contribution < -0.4 is 4.74 Å². The Hall–Kier alpha value is -3.09. The summed E-state index contributed by atoms with van der Waals surface area (Å²) in [7, 11) is 1.55. The van der Waals surface area contributed by atoms with Crippen LogP contribution in [0.25, 0.3) is 0 Å². The van der Waals surface area contributed by atoms with E-state index >= 15 is 0 Å². The molecule has 0 radical (unpaired) electrons. The van der Waals surface area contributed by atoms with Crippen molar-refractivity contribution in [3.05, 3.63) is 55.1 Å². The number of allylic oxidation sites excluding steroid dienone is 1. The Morgan fingerprint density at radius 3 is 1.79 bits per heavy atom. The van der Waals surface area contributed by atoms with Gasteiger partial charge in [-0.1, -0.05) is 24.3 Å². The summed E-state index contributed by atoms with van der Waals surface area (Å²) in [4.78, 5) is 41.2. The van der Waals surface area contributed by atoms with E-state index in [-0.39, 0.29) is 6.54 Å². The zero-order valence-corrected chi connectivity index (χ0v) is 20.8. The number of amides is 1. The van der Waals surface area contributed by atoms with Crippen molar-refractivity contribution >= 4 is 17.8 Å².